The van der Waals surface area contributed by atoms with Gasteiger partial charge in [-0.25, -0.2) is 4.79 Å². The first-order valence-electron chi connectivity index (χ1n) is 3.01. The number of hydrogen-bond donors (Lipinski definition) is 2. The summed E-state index contributed by atoms with van der Waals surface area (Å²) in [5.74, 6) is -3.71. The van der Waals surface area contributed by atoms with E-state index in [0.29, 0.717) is 6.29 Å². The quantitative estimate of drug-likeness (QED) is 0.416. The average Bonchev–Trinajstić information content (AvgIpc) is 2.00. The zero-order valence-electron chi connectivity index (χ0n) is 6.11. The van der Waals surface area contributed by atoms with Gasteiger partial charge in [-0.3, -0.25) is 0 Å². The van der Waals surface area contributed by atoms with Crippen molar-refractivity contribution in [3.63, 3.8) is 0 Å². The number of rotatable bonds is 5. The Morgan fingerprint density at radius 3 is 2.55 bits per heavy atom. The Bertz CT molecular complexity index is 155. The summed E-state index contributed by atoms with van der Waals surface area (Å²) in [6, 6.07) is 0. The maximum Gasteiger partial charge on any atom is 0.364 e. The second-order valence-electron chi connectivity index (χ2n) is 2.00. The first-order chi connectivity index (χ1) is 5.06. The third kappa shape index (κ3) is 2.65. The first-order valence-corrected chi connectivity index (χ1v) is 3.01. The summed E-state index contributed by atoms with van der Waals surface area (Å²) in [7, 11) is 1.07. The molecule has 1 unspecified atom stereocenters. The van der Waals surface area contributed by atoms with Crippen LogP contribution in [0.1, 0.15) is 12.8 Å². The van der Waals surface area contributed by atoms with Gasteiger partial charge >= 0.3 is 5.97 Å². The molecule has 0 aliphatic heterocycles. The van der Waals surface area contributed by atoms with E-state index in [4.69, 9.17) is 10.2 Å². The summed E-state index contributed by atoms with van der Waals surface area (Å²) in [4.78, 5) is 20.1. The molecule has 0 aliphatic carbocycles. The van der Waals surface area contributed by atoms with E-state index in [1.54, 1.807) is 0 Å². The Morgan fingerprint density at radius 1 is 1.73 bits per heavy atom. The predicted molar refractivity (Wildman–Crippen MR) is 34.9 cm³/mol. The Kier molecular flexibility index (Phi) is 3.70. The van der Waals surface area contributed by atoms with E-state index >= 15 is 0 Å². The SMILES string of the molecule is COC(O)(CCC=O)C(=O)O. The number of aldehydes is 1. The van der Waals surface area contributed by atoms with E-state index in [2.05, 4.69) is 4.74 Å². The van der Waals surface area contributed by atoms with Gasteiger partial charge in [0.15, 0.2) is 0 Å². The van der Waals surface area contributed by atoms with Gasteiger partial charge in [0.25, 0.3) is 5.79 Å². The minimum absolute atomic E-state index is 0.0450. The molecule has 0 bridgehead atoms. The minimum atomic E-state index is -2.22. The Hall–Kier alpha value is -0.940. The van der Waals surface area contributed by atoms with Crippen LogP contribution in [0.15, 0.2) is 0 Å². The predicted octanol–water partition coefficient (Wildman–Crippen LogP) is -0.615. The Balaban J connectivity index is 4.09. The third-order valence-corrected chi connectivity index (χ3v) is 1.27. The molecule has 0 spiro atoms. The highest BCUT2D eigenvalue weighted by atomic mass is 16.6. The molecule has 0 aromatic heterocycles. The van der Waals surface area contributed by atoms with E-state index < -0.39 is 11.8 Å². The highest BCUT2D eigenvalue weighted by molar-refractivity contribution is 5.75. The van der Waals surface area contributed by atoms with Gasteiger partial charge in [-0.05, 0) is 0 Å². The van der Waals surface area contributed by atoms with Crippen LogP contribution in [0.3, 0.4) is 0 Å². The highest BCUT2D eigenvalue weighted by Gasteiger charge is 2.35. The summed E-state index contributed by atoms with van der Waals surface area (Å²) in [5, 5.41) is 17.4. The fourth-order valence-corrected chi connectivity index (χ4v) is 0.551. The van der Waals surface area contributed by atoms with Gasteiger partial charge in [-0.1, -0.05) is 0 Å². The summed E-state index contributed by atoms with van der Waals surface area (Å²) in [6.45, 7) is 0. The fourth-order valence-electron chi connectivity index (χ4n) is 0.551. The van der Waals surface area contributed by atoms with E-state index in [0.717, 1.165) is 7.11 Å². The van der Waals surface area contributed by atoms with E-state index in [9.17, 15) is 9.59 Å². The molecule has 0 saturated carbocycles. The zero-order chi connectivity index (χ0) is 8.91. The van der Waals surface area contributed by atoms with E-state index in [-0.39, 0.29) is 12.8 Å². The van der Waals surface area contributed by atoms with Crippen molar-refractivity contribution in [1.29, 1.82) is 0 Å². The lowest BCUT2D eigenvalue weighted by Gasteiger charge is -2.19. The lowest BCUT2D eigenvalue weighted by molar-refractivity contribution is -0.216. The van der Waals surface area contributed by atoms with Crippen molar-refractivity contribution in [2.45, 2.75) is 18.6 Å². The average molecular weight is 162 g/mol. The van der Waals surface area contributed by atoms with Crippen LogP contribution in [0.5, 0.6) is 0 Å². The molecule has 0 radical (unpaired) electrons. The van der Waals surface area contributed by atoms with Crippen LogP contribution in [-0.4, -0.2) is 35.4 Å². The standard InChI is InChI=1S/C6H10O5/c1-11-6(10,5(8)9)3-2-4-7/h4,10H,2-3H2,1H3,(H,8,9). The molecule has 2 N–H and O–H groups in total. The normalized spacial score (nSPS) is 15.5. The van der Waals surface area contributed by atoms with Crippen molar-refractivity contribution >= 4 is 12.3 Å². The third-order valence-electron chi connectivity index (χ3n) is 1.27. The number of carbonyl (C=O) groups excluding carboxylic acids is 1. The van der Waals surface area contributed by atoms with E-state index in [1.807, 2.05) is 0 Å². The van der Waals surface area contributed by atoms with E-state index in [1.165, 1.54) is 0 Å². The molecule has 0 saturated heterocycles. The van der Waals surface area contributed by atoms with Gasteiger partial charge in [-0.15, -0.1) is 0 Å². The molecule has 0 fully saturated rings. The number of hydrogen-bond acceptors (Lipinski definition) is 4. The summed E-state index contributed by atoms with van der Waals surface area (Å²) < 4.78 is 4.30. The number of carbonyl (C=O) groups is 2. The van der Waals surface area contributed by atoms with Crippen LogP contribution < -0.4 is 0 Å². The van der Waals surface area contributed by atoms with Crippen LogP contribution in [-0.2, 0) is 14.3 Å². The van der Waals surface area contributed by atoms with Crippen molar-refractivity contribution in [2.75, 3.05) is 7.11 Å². The van der Waals surface area contributed by atoms with Gasteiger partial charge in [0.1, 0.15) is 6.29 Å². The molecular formula is C6H10O5. The first kappa shape index (κ1) is 10.1. The van der Waals surface area contributed by atoms with Crippen LogP contribution >= 0.6 is 0 Å². The number of aliphatic carboxylic acids is 1. The van der Waals surface area contributed by atoms with Crippen LogP contribution in [0.25, 0.3) is 0 Å². The molecule has 0 amide bonds. The number of methoxy groups -OCH3 is 1. The summed E-state index contributed by atoms with van der Waals surface area (Å²) >= 11 is 0. The van der Waals surface area contributed by atoms with Crippen LogP contribution in [0.4, 0.5) is 0 Å². The highest BCUT2D eigenvalue weighted by Crippen LogP contribution is 2.12. The number of aliphatic hydroxyl groups is 1. The van der Waals surface area contributed by atoms with Gasteiger partial charge in [0.2, 0.25) is 0 Å². The van der Waals surface area contributed by atoms with Crippen molar-refractivity contribution < 1.29 is 24.5 Å². The lowest BCUT2D eigenvalue weighted by atomic mass is 10.1. The molecule has 0 aromatic carbocycles. The van der Waals surface area contributed by atoms with Crippen molar-refractivity contribution in [1.82, 2.24) is 0 Å². The minimum Gasteiger partial charge on any atom is -0.477 e. The van der Waals surface area contributed by atoms with Gasteiger partial charge in [0, 0.05) is 20.0 Å². The van der Waals surface area contributed by atoms with Crippen molar-refractivity contribution in [3.05, 3.63) is 0 Å². The largest absolute Gasteiger partial charge is 0.477 e. The zero-order valence-corrected chi connectivity index (χ0v) is 6.11. The molecule has 0 aliphatic rings. The van der Waals surface area contributed by atoms with Gasteiger partial charge < -0.3 is 19.7 Å². The molecule has 11 heavy (non-hydrogen) atoms. The summed E-state index contributed by atoms with van der Waals surface area (Å²) in [5.41, 5.74) is 0. The number of carboxylic acid groups (broad SMARTS) is 1. The lowest BCUT2D eigenvalue weighted by Crippen LogP contribution is -2.40. The maximum absolute atomic E-state index is 10.3. The molecule has 0 rings (SSSR count). The van der Waals surface area contributed by atoms with Crippen molar-refractivity contribution in [3.8, 4) is 0 Å². The molecule has 5 nitrogen and oxygen atoms in total. The molecule has 64 valence electrons. The Labute approximate surface area is 63.6 Å². The molecule has 0 heterocycles. The molecule has 5 heteroatoms. The van der Waals surface area contributed by atoms with Gasteiger partial charge in [-0.2, -0.15) is 0 Å². The van der Waals surface area contributed by atoms with Crippen molar-refractivity contribution in [2.24, 2.45) is 0 Å². The fraction of sp³-hybridized carbons (Fsp3) is 0.667. The second kappa shape index (κ2) is 4.05. The number of ether oxygens (including phenoxy) is 1. The monoisotopic (exact) mass is 162 g/mol. The number of carboxylic acids is 1. The summed E-state index contributed by atoms with van der Waals surface area (Å²) in [6.07, 6.45) is 0.242. The van der Waals surface area contributed by atoms with Crippen LogP contribution in [0, 0.1) is 0 Å². The van der Waals surface area contributed by atoms with Crippen LogP contribution in [0.2, 0.25) is 0 Å². The topological polar surface area (TPSA) is 83.8 Å². The second-order valence-corrected chi connectivity index (χ2v) is 2.00. The maximum atomic E-state index is 10.3. The Morgan fingerprint density at radius 2 is 2.27 bits per heavy atom. The molecule has 0 aromatic rings. The smallest absolute Gasteiger partial charge is 0.364 e. The molecule has 1 atom stereocenters. The van der Waals surface area contributed by atoms with Gasteiger partial charge in [0.05, 0.1) is 0 Å². The molecular weight excluding hydrogens is 152 g/mol.